The third-order valence-corrected chi connectivity index (χ3v) is 6.12. The van der Waals surface area contributed by atoms with E-state index in [0.717, 1.165) is 38.5 Å². The number of carbonyl (C=O) groups is 1. The number of carbonyl (C=O) groups excluding carboxylic acids is 1. The fourth-order valence-electron chi connectivity index (χ4n) is 2.63. The van der Waals surface area contributed by atoms with Crippen molar-refractivity contribution >= 4 is 29.0 Å². The van der Waals surface area contributed by atoms with Crippen LogP contribution in [-0.2, 0) is 4.79 Å². The molecule has 0 radical (unpaired) electrons. The second-order valence-electron chi connectivity index (χ2n) is 5.56. The fourth-order valence-corrected chi connectivity index (χ4v) is 3.69. The maximum Gasteiger partial charge on any atom is 0.169 e. The smallest absolute Gasteiger partial charge is 0.169 e. The van der Waals surface area contributed by atoms with Crippen molar-refractivity contribution in [3.8, 4) is 0 Å². The van der Waals surface area contributed by atoms with E-state index in [-0.39, 0.29) is 27.4 Å². The van der Waals surface area contributed by atoms with Gasteiger partial charge in [-0.05, 0) is 49.4 Å². The molecule has 0 aliphatic heterocycles. The van der Waals surface area contributed by atoms with Crippen LogP contribution in [0.25, 0.3) is 0 Å². The fraction of sp³-hybridized carbons (Fsp3) is 0.923. The maximum absolute atomic E-state index is 12.3. The van der Waals surface area contributed by atoms with Crippen molar-refractivity contribution in [1.29, 1.82) is 0 Å². The van der Waals surface area contributed by atoms with E-state index in [9.17, 15) is 4.79 Å². The highest BCUT2D eigenvalue weighted by atomic mass is 35.5. The lowest BCUT2D eigenvalue weighted by molar-refractivity contribution is -0.120. The largest absolute Gasteiger partial charge is 0.296 e. The first-order valence-corrected chi connectivity index (χ1v) is 7.20. The topological polar surface area (TPSA) is 17.1 Å². The molecule has 3 heteroatoms. The van der Waals surface area contributed by atoms with E-state index < -0.39 is 0 Å². The summed E-state index contributed by atoms with van der Waals surface area (Å²) in [6, 6.07) is 0. The standard InChI is InChI=1S/C13H20Cl2O/c1-3-12(5-6-12)10(14)9(16)11(15)13(4-2)7-8-13/h10-11H,3-8H2,1-2H3. The Morgan fingerprint density at radius 1 is 1.00 bits per heavy atom. The average Bonchev–Trinajstić information content (AvgIpc) is 3.19. The summed E-state index contributed by atoms with van der Waals surface area (Å²) in [5, 5.41) is -0.715. The van der Waals surface area contributed by atoms with Crippen LogP contribution in [-0.4, -0.2) is 16.5 Å². The zero-order valence-electron chi connectivity index (χ0n) is 10.1. The summed E-state index contributed by atoms with van der Waals surface area (Å²) >= 11 is 12.7. The van der Waals surface area contributed by atoms with Gasteiger partial charge in [-0.3, -0.25) is 4.79 Å². The van der Waals surface area contributed by atoms with Gasteiger partial charge in [0.05, 0.1) is 10.8 Å². The lowest BCUT2D eigenvalue weighted by Crippen LogP contribution is -2.36. The SMILES string of the molecule is CCC1(C(Cl)C(=O)C(Cl)C2(CC)CC2)CC1. The summed E-state index contributed by atoms with van der Waals surface area (Å²) in [6.45, 7) is 4.23. The molecular weight excluding hydrogens is 243 g/mol. The first kappa shape index (κ1) is 12.7. The minimum atomic E-state index is -0.357. The molecule has 0 N–H and O–H groups in total. The zero-order chi connectivity index (χ0) is 12.0. The van der Waals surface area contributed by atoms with Gasteiger partial charge < -0.3 is 0 Å². The quantitative estimate of drug-likeness (QED) is 0.658. The Balaban J connectivity index is 2.02. The minimum Gasteiger partial charge on any atom is -0.296 e. The first-order chi connectivity index (χ1) is 7.51. The second kappa shape index (κ2) is 4.17. The van der Waals surface area contributed by atoms with Crippen LogP contribution in [0.15, 0.2) is 0 Å². The van der Waals surface area contributed by atoms with Gasteiger partial charge in [-0.25, -0.2) is 0 Å². The summed E-state index contributed by atoms with van der Waals surface area (Å²) in [4.78, 5) is 12.3. The van der Waals surface area contributed by atoms with Crippen molar-refractivity contribution in [1.82, 2.24) is 0 Å². The molecule has 0 aromatic heterocycles. The van der Waals surface area contributed by atoms with Gasteiger partial charge in [0.25, 0.3) is 0 Å². The predicted octanol–water partition coefficient (Wildman–Crippen LogP) is 4.15. The van der Waals surface area contributed by atoms with E-state index in [2.05, 4.69) is 13.8 Å². The molecule has 92 valence electrons. The van der Waals surface area contributed by atoms with Crippen LogP contribution < -0.4 is 0 Å². The molecule has 0 saturated heterocycles. The lowest BCUT2D eigenvalue weighted by atomic mass is 9.88. The van der Waals surface area contributed by atoms with Gasteiger partial charge in [-0.15, -0.1) is 23.2 Å². The number of ketones is 1. The second-order valence-corrected chi connectivity index (χ2v) is 6.43. The van der Waals surface area contributed by atoms with Crippen LogP contribution in [0.5, 0.6) is 0 Å². The normalized spacial score (nSPS) is 28.2. The summed E-state index contributed by atoms with van der Waals surface area (Å²) < 4.78 is 0. The van der Waals surface area contributed by atoms with Crippen LogP contribution in [0.3, 0.4) is 0 Å². The number of rotatable bonds is 6. The lowest BCUT2D eigenvalue weighted by Gasteiger charge is -2.25. The highest BCUT2D eigenvalue weighted by Crippen LogP contribution is 2.58. The average molecular weight is 263 g/mol. The van der Waals surface area contributed by atoms with Crippen molar-refractivity contribution in [3.05, 3.63) is 0 Å². The molecule has 0 aromatic rings. The van der Waals surface area contributed by atoms with Gasteiger partial charge in [0.2, 0.25) is 0 Å². The highest BCUT2D eigenvalue weighted by Gasteiger charge is 2.56. The Morgan fingerprint density at radius 2 is 1.31 bits per heavy atom. The van der Waals surface area contributed by atoms with E-state index in [4.69, 9.17) is 23.2 Å². The summed E-state index contributed by atoms with van der Waals surface area (Å²) in [5.41, 5.74) is 0.158. The van der Waals surface area contributed by atoms with E-state index in [1.165, 1.54) is 0 Å². The van der Waals surface area contributed by atoms with E-state index in [0.29, 0.717) is 0 Å². The predicted molar refractivity (Wildman–Crippen MR) is 68.2 cm³/mol. The van der Waals surface area contributed by atoms with E-state index in [1.807, 2.05) is 0 Å². The molecule has 0 spiro atoms. The van der Waals surface area contributed by atoms with Crippen LogP contribution >= 0.6 is 23.2 Å². The Hall–Kier alpha value is 0.250. The molecule has 2 aliphatic rings. The summed E-state index contributed by atoms with van der Waals surface area (Å²) in [6.07, 6.45) is 6.35. The van der Waals surface area contributed by atoms with Crippen molar-refractivity contribution in [2.24, 2.45) is 10.8 Å². The van der Waals surface area contributed by atoms with Gasteiger partial charge in [0.1, 0.15) is 0 Å². The number of Topliss-reactive ketones (excluding diaryl/α,β-unsaturated/α-hetero) is 1. The molecule has 2 saturated carbocycles. The van der Waals surface area contributed by atoms with Crippen LogP contribution in [0.2, 0.25) is 0 Å². The van der Waals surface area contributed by atoms with Crippen LogP contribution in [0.1, 0.15) is 52.4 Å². The van der Waals surface area contributed by atoms with Gasteiger partial charge in [-0.2, -0.15) is 0 Å². The Bertz CT molecular complexity index is 264. The molecule has 2 aliphatic carbocycles. The molecule has 2 atom stereocenters. The highest BCUT2D eigenvalue weighted by molar-refractivity contribution is 6.41. The molecule has 0 bridgehead atoms. The third kappa shape index (κ3) is 1.90. The van der Waals surface area contributed by atoms with E-state index >= 15 is 0 Å². The van der Waals surface area contributed by atoms with Crippen LogP contribution in [0.4, 0.5) is 0 Å². The third-order valence-electron chi connectivity index (χ3n) is 4.77. The molecule has 0 amide bonds. The Morgan fingerprint density at radius 3 is 1.50 bits per heavy atom. The molecule has 16 heavy (non-hydrogen) atoms. The molecule has 2 unspecified atom stereocenters. The van der Waals surface area contributed by atoms with Gasteiger partial charge in [0, 0.05) is 0 Å². The zero-order valence-corrected chi connectivity index (χ0v) is 11.6. The van der Waals surface area contributed by atoms with Crippen molar-refractivity contribution in [3.63, 3.8) is 0 Å². The number of hydrogen-bond donors (Lipinski definition) is 0. The molecular formula is C13H20Cl2O. The van der Waals surface area contributed by atoms with Gasteiger partial charge >= 0.3 is 0 Å². The van der Waals surface area contributed by atoms with Crippen molar-refractivity contribution in [2.75, 3.05) is 0 Å². The summed E-state index contributed by atoms with van der Waals surface area (Å²) in [5.74, 6) is 0.0852. The van der Waals surface area contributed by atoms with Crippen LogP contribution in [0, 0.1) is 10.8 Å². The van der Waals surface area contributed by atoms with Gasteiger partial charge in [0.15, 0.2) is 5.78 Å². The molecule has 2 rings (SSSR count). The van der Waals surface area contributed by atoms with Crippen molar-refractivity contribution in [2.45, 2.75) is 63.1 Å². The minimum absolute atomic E-state index is 0.0790. The van der Waals surface area contributed by atoms with Crippen molar-refractivity contribution < 1.29 is 4.79 Å². The monoisotopic (exact) mass is 262 g/mol. The van der Waals surface area contributed by atoms with Gasteiger partial charge in [-0.1, -0.05) is 13.8 Å². The number of halogens is 2. The molecule has 2 fully saturated rings. The molecule has 0 aromatic carbocycles. The Kier molecular flexibility index (Phi) is 3.31. The maximum atomic E-state index is 12.3. The number of alkyl halides is 2. The molecule has 0 heterocycles. The summed E-state index contributed by atoms with van der Waals surface area (Å²) in [7, 11) is 0. The first-order valence-electron chi connectivity index (χ1n) is 6.33. The Labute approximate surface area is 108 Å². The number of hydrogen-bond acceptors (Lipinski definition) is 1. The molecule has 1 nitrogen and oxygen atoms in total. The van der Waals surface area contributed by atoms with E-state index in [1.54, 1.807) is 0 Å².